The Bertz CT molecular complexity index is 674. The summed E-state index contributed by atoms with van der Waals surface area (Å²) in [5, 5.41) is 2.34. The Balaban J connectivity index is 0.000000924. The Kier molecular flexibility index (Phi) is 4.81. The molecule has 1 heterocycles. The van der Waals surface area contributed by atoms with Crippen LogP contribution >= 0.6 is 11.6 Å². The van der Waals surface area contributed by atoms with Gasteiger partial charge in [-0.1, -0.05) is 31.4 Å². The van der Waals surface area contributed by atoms with Crippen LogP contribution in [0, 0.1) is 17.8 Å². The van der Waals surface area contributed by atoms with Gasteiger partial charge in [0.15, 0.2) is 0 Å². The van der Waals surface area contributed by atoms with Gasteiger partial charge in [0.1, 0.15) is 0 Å². The Hall–Kier alpha value is -1.87. The number of halogens is 4. The second-order valence-electron chi connectivity index (χ2n) is 4.93. The number of rotatable bonds is 0. The highest BCUT2D eigenvalue weighted by Gasteiger charge is 2.62. The topological polar surface area (TPSA) is 38.3 Å². The Morgan fingerprint density at radius 1 is 1.35 bits per heavy atom. The highest BCUT2D eigenvalue weighted by atomic mass is 35.5. The SMILES string of the molecule is CC.O=C1Nc2ccc(Cl)cc2[C@@](C#CC2CC2)(C(F)(F)F)O1. The molecule has 0 unspecified atom stereocenters. The number of ether oxygens (including phenoxy) is 1. The number of alkyl halides is 3. The van der Waals surface area contributed by atoms with Gasteiger partial charge in [0.25, 0.3) is 5.60 Å². The molecule has 1 aromatic carbocycles. The van der Waals surface area contributed by atoms with Crippen molar-refractivity contribution in [2.45, 2.75) is 38.5 Å². The molecule has 0 spiro atoms. The molecule has 23 heavy (non-hydrogen) atoms. The molecule has 124 valence electrons. The monoisotopic (exact) mass is 345 g/mol. The largest absolute Gasteiger partial charge is 0.445 e. The molecule has 1 fully saturated rings. The number of cyclic esters (lactones) is 1. The van der Waals surface area contributed by atoms with Gasteiger partial charge in [0.2, 0.25) is 0 Å². The van der Waals surface area contributed by atoms with Crippen molar-refractivity contribution in [2.75, 3.05) is 5.32 Å². The zero-order valence-corrected chi connectivity index (χ0v) is 13.3. The molecule has 2 aliphatic rings. The molecule has 0 bridgehead atoms. The summed E-state index contributed by atoms with van der Waals surface area (Å²) in [7, 11) is 0. The molecule has 3 nitrogen and oxygen atoms in total. The van der Waals surface area contributed by atoms with E-state index in [4.69, 9.17) is 11.6 Å². The van der Waals surface area contributed by atoms with Gasteiger partial charge in [-0.2, -0.15) is 13.2 Å². The summed E-state index contributed by atoms with van der Waals surface area (Å²) in [4.78, 5) is 11.5. The standard InChI is InChI=1S/C14H9ClF3NO2.C2H6/c15-9-3-4-11-10(7-9)13(14(16,17)18,21-12(20)19-11)6-5-8-1-2-8;1-2/h3-4,7-8H,1-2H2,(H,19,20);1-2H3/t13-;/m0./s1. The Morgan fingerprint density at radius 2 is 2.00 bits per heavy atom. The molecular weight excluding hydrogens is 331 g/mol. The summed E-state index contributed by atoms with van der Waals surface area (Å²) >= 11 is 5.78. The second-order valence-corrected chi connectivity index (χ2v) is 5.36. The van der Waals surface area contributed by atoms with Crippen molar-refractivity contribution in [3.63, 3.8) is 0 Å². The van der Waals surface area contributed by atoms with Crippen LogP contribution in [0.25, 0.3) is 0 Å². The summed E-state index contributed by atoms with van der Waals surface area (Å²) in [5.41, 5.74) is -3.27. The fraction of sp³-hybridized carbons (Fsp3) is 0.438. The summed E-state index contributed by atoms with van der Waals surface area (Å²) < 4.78 is 45.4. The van der Waals surface area contributed by atoms with Gasteiger partial charge in [0, 0.05) is 16.5 Å². The summed E-state index contributed by atoms with van der Waals surface area (Å²) in [5.74, 6) is 4.60. The third kappa shape index (κ3) is 3.40. The number of carbonyl (C=O) groups is 1. The maximum atomic E-state index is 13.6. The first-order valence-corrected chi connectivity index (χ1v) is 7.59. The molecule has 1 amide bonds. The minimum absolute atomic E-state index is 0.00179. The lowest BCUT2D eigenvalue weighted by molar-refractivity contribution is -0.239. The van der Waals surface area contributed by atoms with Crippen LogP contribution in [0.5, 0.6) is 0 Å². The molecule has 0 aromatic heterocycles. The van der Waals surface area contributed by atoms with Crippen molar-refractivity contribution >= 4 is 23.4 Å². The third-order valence-corrected chi connectivity index (χ3v) is 3.51. The van der Waals surface area contributed by atoms with E-state index in [1.165, 1.54) is 12.1 Å². The number of anilines is 1. The van der Waals surface area contributed by atoms with Crippen LogP contribution in [-0.4, -0.2) is 12.3 Å². The zero-order valence-electron chi connectivity index (χ0n) is 12.6. The van der Waals surface area contributed by atoms with Gasteiger partial charge < -0.3 is 4.74 Å². The van der Waals surface area contributed by atoms with E-state index in [-0.39, 0.29) is 22.2 Å². The molecular formula is C16H15ClF3NO2. The van der Waals surface area contributed by atoms with E-state index < -0.39 is 17.9 Å². The van der Waals surface area contributed by atoms with Gasteiger partial charge in [0.05, 0.1) is 5.69 Å². The number of carbonyl (C=O) groups excluding carboxylic acids is 1. The van der Waals surface area contributed by atoms with Gasteiger partial charge in [-0.05, 0) is 37.0 Å². The average Bonchev–Trinajstić information content (AvgIpc) is 3.30. The Morgan fingerprint density at radius 3 is 2.57 bits per heavy atom. The van der Waals surface area contributed by atoms with Gasteiger partial charge >= 0.3 is 12.3 Å². The Labute approximate surface area is 137 Å². The van der Waals surface area contributed by atoms with E-state index in [1.807, 2.05) is 13.8 Å². The summed E-state index contributed by atoms with van der Waals surface area (Å²) in [6.07, 6.45) is -4.54. The van der Waals surface area contributed by atoms with Crippen LogP contribution in [0.1, 0.15) is 32.3 Å². The molecule has 0 saturated heterocycles. The predicted molar refractivity (Wildman–Crippen MR) is 81.1 cm³/mol. The first-order valence-electron chi connectivity index (χ1n) is 7.21. The molecule has 1 atom stereocenters. The second kappa shape index (κ2) is 6.32. The molecule has 1 aromatic rings. The third-order valence-electron chi connectivity index (χ3n) is 3.27. The number of fused-ring (bicyclic) bond motifs is 1. The number of hydrogen-bond donors (Lipinski definition) is 1. The van der Waals surface area contributed by atoms with Gasteiger partial charge in [-0.15, -0.1) is 0 Å². The normalized spacial score (nSPS) is 22.4. The van der Waals surface area contributed by atoms with Crippen molar-refractivity contribution in [3.8, 4) is 11.8 Å². The lowest BCUT2D eigenvalue weighted by Crippen LogP contribution is -2.49. The van der Waals surface area contributed by atoms with Crippen LogP contribution in [0.15, 0.2) is 18.2 Å². The van der Waals surface area contributed by atoms with Crippen molar-refractivity contribution in [1.29, 1.82) is 0 Å². The quantitative estimate of drug-likeness (QED) is 0.664. The van der Waals surface area contributed by atoms with Gasteiger partial charge in [-0.3, -0.25) is 5.32 Å². The van der Waals surface area contributed by atoms with Crippen molar-refractivity contribution < 1.29 is 22.7 Å². The van der Waals surface area contributed by atoms with Crippen LogP contribution in [-0.2, 0) is 10.3 Å². The van der Waals surface area contributed by atoms with Crippen molar-refractivity contribution in [1.82, 2.24) is 0 Å². The van der Waals surface area contributed by atoms with Gasteiger partial charge in [-0.25, -0.2) is 4.79 Å². The van der Waals surface area contributed by atoms with E-state index in [0.717, 1.165) is 18.9 Å². The predicted octanol–water partition coefficient (Wildman–Crippen LogP) is 5.10. The fourth-order valence-electron chi connectivity index (χ4n) is 2.05. The zero-order chi connectivity index (χ0) is 17.3. The number of hydrogen-bond acceptors (Lipinski definition) is 2. The van der Waals surface area contributed by atoms with Crippen LogP contribution < -0.4 is 5.32 Å². The van der Waals surface area contributed by atoms with Crippen molar-refractivity contribution in [2.24, 2.45) is 5.92 Å². The summed E-state index contributed by atoms with van der Waals surface area (Å²) in [6, 6.07) is 3.81. The minimum atomic E-state index is -4.87. The maximum Gasteiger partial charge on any atom is 0.445 e. The van der Waals surface area contributed by atoms with Crippen molar-refractivity contribution in [3.05, 3.63) is 28.8 Å². The smallest absolute Gasteiger partial charge is 0.415 e. The van der Waals surface area contributed by atoms with E-state index in [9.17, 15) is 18.0 Å². The lowest BCUT2D eigenvalue weighted by atomic mass is 9.90. The average molecular weight is 346 g/mol. The molecule has 1 aliphatic carbocycles. The van der Waals surface area contributed by atoms with Crippen LogP contribution in [0.3, 0.4) is 0 Å². The summed E-state index contributed by atoms with van der Waals surface area (Å²) in [6.45, 7) is 4.00. The first-order chi connectivity index (χ1) is 10.8. The van der Waals surface area contributed by atoms with Crippen LogP contribution in [0.2, 0.25) is 5.02 Å². The van der Waals surface area contributed by atoms with E-state index >= 15 is 0 Å². The number of amides is 1. The van der Waals surface area contributed by atoms with Crippen LogP contribution in [0.4, 0.5) is 23.7 Å². The fourth-order valence-corrected chi connectivity index (χ4v) is 2.22. The molecule has 1 N–H and O–H groups in total. The maximum absolute atomic E-state index is 13.6. The molecule has 7 heteroatoms. The number of nitrogens with one attached hydrogen (secondary N) is 1. The van der Waals surface area contributed by atoms with E-state index in [2.05, 4.69) is 21.9 Å². The molecule has 1 aliphatic heterocycles. The molecule has 0 radical (unpaired) electrons. The van der Waals surface area contributed by atoms with E-state index in [1.54, 1.807) is 0 Å². The highest BCUT2D eigenvalue weighted by molar-refractivity contribution is 6.30. The molecule has 1 saturated carbocycles. The first kappa shape index (κ1) is 17.5. The molecule has 3 rings (SSSR count). The minimum Gasteiger partial charge on any atom is -0.415 e. The number of benzene rings is 1. The van der Waals surface area contributed by atoms with E-state index in [0.29, 0.717) is 0 Å². The lowest BCUT2D eigenvalue weighted by Gasteiger charge is -2.35. The highest BCUT2D eigenvalue weighted by Crippen LogP contribution is 2.48.